The minimum atomic E-state index is 0.682. The van der Waals surface area contributed by atoms with E-state index in [0.29, 0.717) is 6.61 Å². The molecule has 0 atom stereocenters. The van der Waals surface area contributed by atoms with Crippen molar-refractivity contribution in [2.24, 2.45) is 0 Å². The van der Waals surface area contributed by atoms with Crippen molar-refractivity contribution in [3.05, 3.63) is 42.2 Å². The van der Waals surface area contributed by atoms with Crippen molar-refractivity contribution in [3.63, 3.8) is 0 Å². The van der Waals surface area contributed by atoms with E-state index in [2.05, 4.69) is 16.9 Å². The molecule has 0 saturated heterocycles. The van der Waals surface area contributed by atoms with E-state index in [-0.39, 0.29) is 0 Å². The molecule has 0 spiro atoms. The SMILES string of the molecule is CCCc1cnc(-c2ccc(OCC)cc2)nc1. The fourth-order valence-corrected chi connectivity index (χ4v) is 1.79. The summed E-state index contributed by atoms with van der Waals surface area (Å²) in [5.74, 6) is 1.64. The number of nitrogens with zero attached hydrogens (tertiary/aromatic N) is 2. The fourth-order valence-electron chi connectivity index (χ4n) is 1.79. The molecule has 0 radical (unpaired) electrons. The molecule has 0 unspecified atom stereocenters. The standard InChI is InChI=1S/C15H18N2O/c1-3-5-12-10-16-15(17-11-12)13-6-8-14(9-7-13)18-4-2/h6-11H,3-5H2,1-2H3. The van der Waals surface area contributed by atoms with Crippen LogP contribution in [0.2, 0.25) is 0 Å². The van der Waals surface area contributed by atoms with Crippen molar-refractivity contribution in [1.29, 1.82) is 0 Å². The van der Waals surface area contributed by atoms with Crippen LogP contribution in [0.15, 0.2) is 36.7 Å². The summed E-state index contributed by atoms with van der Waals surface area (Å²) in [5, 5.41) is 0. The van der Waals surface area contributed by atoms with E-state index in [0.717, 1.165) is 30.0 Å². The first-order chi connectivity index (χ1) is 8.83. The van der Waals surface area contributed by atoms with E-state index in [1.54, 1.807) is 0 Å². The number of ether oxygens (including phenoxy) is 1. The minimum absolute atomic E-state index is 0.682. The van der Waals surface area contributed by atoms with Gasteiger partial charge in [-0.2, -0.15) is 0 Å². The molecule has 0 aliphatic carbocycles. The molecular weight excluding hydrogens is 224 g/mol. The molecule has 0 bridgehead atoms. The normalized spacial score (nSPS) is 10.3. The summed E-state index contributed by atoms with van der Waals surface area (Å²) < 4.78 is 5.41. The first kappa shape index (κ1) is 12.6. The van der Waals surface area contributed by atoms with Crippen LogP contribution < -0.4 is 4.74 Å². The number of hydrogen-bond donors (Lipinski definition) is 0. The molecule has 1 aromatic carbocycles. The van der Waals surface area contributed by atoms with Crippen molar-refractivity contribution >= 4 is 0 Å². The van der Waals surface area contributed by atoms with Gasteiger partial charge < -0.3 is 4.74 Å². The highest BCUT2D eigenvalue weighted by atomic mass is 16.5. The lowest BCUT2D eigenvalue weighted by Crippen LogP contribution is -1.93. The molecule has 0 fully saturated rings. The monoisotopic (exact) mass is 242 g/mol. The van der Waals surface area contributed by atoms with E-state index in [4.69, 9.17) is 4.74 Å². The zero-order valence-electron chi connectivity index (χ0n) is 10.9. The second-order valence-electron chi connectivity index (χ2n) is 4.12. The molecule has 2 aromatic rings. The molecule has 3 heteroatoms. The minimum Gasteiger partial charge on any atom is -0.494 e. The number of hydrogen-bond acceptors (Lipinski definition) is 3. The van der Waals surface area contributed by atoms with Crippen LogP contribution in [-0.4, -0.2) is 16.6 Å². The lowest BCUT2D eigenvalue weighted by Gasteiger charge is -2.04. The van der Waals surface area contributed by atoms with E-state index in [9.17, 15) is 0 Å². The van der Waals surface area contributed by atoms with Gasteiger partial charge in [0.1, 0.15) is 5.75 Å². The molecule has 3 nitrogen and oxygen atoms in total. The molecule has 1 aromatic heterocycles. The van der Waals surface area contributed by atoms with Crippen molar-refractivity contribution in [2.75, 3.05) is 6.61 Å². The van der Waals surface area contributed by atoms with Crippen molar-refractivity contribution in [2.45, 2.75) is 26.7 Å². The summed E-state index contributed by atoms with van der Waals surface area (Å²) in [5.41, 5.74) is 2.20. The Hall–Kier alpha value is -1.90. The molecule has 1 heterocycles. The molecule has 0 aliphatic rings. The topological polar surface area (TPSA) is 35.0 Å². The summed E-state index contributed by atoms with van der Waals surface area (Å²) in [7, 11) is 0. The van der Waals surface area contributed by atoms with Crippen LogP contribution in [0.4, 0.5) is 0 Å². The second kappa shape index (κ2) is 6.15. The maximum Gasteiger partial charge on any atom is 0.159 e. The molecule has 0 N–H and O–H groups in total. The summed E-state index contributed by atoms with van der Waals surface area (Å²) in [6, 6.07) is 7.87. The summed E-state index contributed by atoms with van der Waals surface area (Å²) in [4.78, 5) is 8.78. The van der Waals surface area contributed by atoms with Crippen LogP contribution in [0, 0.1) is 0 Å². The van der Waals surface area contributed by atoms with E-state index in [1.165, 1.54) is 5.56 Å². The van der Waals surface area contributed by atoms with Gasteiger partial charge >= 0.3 is 0 Å². The van der Waals surface area contributed by atoms with Gasteiger partial charge in [0, 0.05) is 18.0 Å². The fraction of sp³-hybridized carbons (Fsp3) is 0.333. The Bertz CT molecular complexity index is 429. The molecular formula is C15H18N2O. The third-order valence-electron chi connectivity index (χ3n) is 2.67. The maximum absolute atomic E-state index is 5.41. The summed E-state index contributed by atoms with van der Waals surface area (Å²) in [6.45, 7) is 4.81. The van der Waals surface area contributed by atoms with Gasteiger partial charge in [-0.05, 0) is 43.2 Å². The third kappa shape index (κ3) is 3.06. The van der Waals surface area contributed by atoms with Gasteiger partial charge in [-0.1, -0.05) is 13.3 Å². The number of aryl methyl sites for hydroxylation is 1. The van der Waals surface area contributed by atoms with E-state index >= 15 is 0 Å². The van der Waals surface area contributed by atoms with E-state index < -0.39 is 0 Å². The van der Waals surface area contributed by atoms with Crippen LogP contribution in [0.25, 0.3) is 11.4 Å². The average molecular weight is 242 g/mol. The molecule has 0 saturated carbocycles. The Kier molecular flexibility index (Phi) is 4.29. The highest BCUT2D eigenvalue weighted by molar-refractivity contribution is 5.55. The zero-order valence-corrected chi connectivity index (χ0v) is 10.9. The van der Waals surface area contributed by atoms with Gasteiger partial charge in [-0.15, -0.1) is 0 Å². The van der Waals surface area contributed by atoms with Crippen LogP contribution >= 0.6 is 0 Å². The van der Waals surface area contributed by atoms with Gasteiger partial charge in [0.25, 0.3) is 0 Å². The second-order valence-corrected chi connectivity index (χ2v) is 4.12. The first-order valence-electron chi connectivity index (χ1n) is 6.37. The Morgan fingerprint density at radius 2 is 1.67 bits per heavy atom. The Morgan fingerprint density at radius 1 is 1.00 bits per heavy atom. The van der Waals surface area contributed by atoms with Crippen molar-refractivity contribution in [3.8, 4) is 17.1 Å². The molecule has 18 heavy (non-hydrogen) atoms. The van der Waals surface area contributed by atoms with Crippen molar-refractivity contribution < 1.29 is 4.74 Å². The quantitative estimate of drug-likeness (QED) is 0.805. The van der Waals surface area contributed by atoms with E-state index in [1.807, 2.05) is 43.6 Å². The van der Waals surface area contributed by atoms with Crippen LogP contribution in [0.3, 0.4) is 0 Å². The third-order valence-corrected chi connectivity index (χ3v) is 2.67. The predicted molar refractivity (Wildman–Crippen MR) is 72.6 cm³/mol. The highest BCUT2D eigenvalue weighted by Crippen LogP contribution is 2.19. The molecule has 0 amide bonds. The number of rotatable bonds is 5. The van der Waals surface area contributed by atoms with Gasteiger partial charge in [0.05, 0.1) is 6.61 Å². The maximum atomic E-state index is 5.41. The van der Waals surface area contributed by atoms with Crippen LogP contribution in [-0.2, 0) is 6.42 Å². The van der Waals surface area contributed by atoms with Crippen LogP contribution in [0.1, 0.15) is 25.8 Å². The van der Waals surface area contributed by atoms with Gasteiger partial charge in [0.2, 0.25) is 0 Å². The number of benzene rings is 1. The number of aromatic nitrogens is 2. The molecule has 0 aliphatic heterocycles. The average Bonchev–Trinajstić information content (AvgIpc) is 2.41. The van der Waals surface area contributed by atoms with Gasteiger partial charge in [-0.3, -0.25) is 0 Å². The molecule has 94 valence electrons. The largest absolute Gasteiger partial charge is 0.494 e. The zero-order chi connectivity index (χ0) is 12.8. The van der Waals surface area contributed by atoms with Crippen molar-refractivity contribution in [1.82, 2.24) is 9.97 Å². The lowest BCUT2D eigenvalue weighted by molar-refractivity contribution is 0.340. The molecule has 2 rings (SSSR count). The summed E-state index contributed by atoms with van der Waals surface area (Å²) >= 11 is 0. The Labute approximate surface area is 108 Å². The van der Waals surface area contributed by atoms with Gasteiger partial charge in [0.15, 0.2) is 5.82 Å². The Balaban J connectivity index is 2.15. The predicted octanol–water partition coefficient (Wildman–Crippen LogP) is 3.49. The Morgan fingerprint density at radius 3 is 2.22 bits per heavy atom. The highest BCUT2D eigenvalue weighted by Gasteiger charge is 2.01. The van der Waals surface area contributed by atoms with Crippen LogP contribution in [0.5, 0.6) is 5.75 Å². The van der Waals surface area contributed by atoms with Gasteiger partial charge in [-0.25, -0.2) is 9.97 Å². The lowest BCUT2D eigenvalue weighted by atomic mass is 10.2. The smallest absolute Gasteiger partial charge is 0.159 e. The first-order valence-corrected chi connectivity index (χ1v) is 6.37. The summed E-state index contributed by atoms with van der Waals surface area (Å²) in [6.07, 6.45) is 5.96.